The van der Waals surface area contributed by atoms with Crippen LogP contribution in [0, 0.1) is 17.7 Å². The van der Waals surface area contributed by atoms with Gasteiger partial charge in [0.05, 0.1) is 19.1 Å². The normalized spacial score (nSPS) is 24.5. The molecule has 2 saturated heterocycles. The number of ether oxygens (including phenoxy) is 1. The number of carbonyl (C=O) groups is 1. The molecule has 0 unspecified atom stereocenters. The van der Waals surface area contributed by atoms with Crippen molar-refractivity contribution in [2.45, 2.75) is 12.5 Å². The minimum absolute atomic E-state index is 0.0324. The summed E-state index contributed by atoms with van der Waals surface area (Å²) in [4.78, 5) is 18.7. The number of hydrogen-bond donors (Lipinski definition) is 1. The van der Waals surface area contributed by atoms with Crippen LogP contribution >= 0.6 is 0 Å². The number of pyridine rings is 1. The molecule has 0 bridgehead atoms. The third-order valence-electron chi connectivity index (χ3n) is 5.25. The number of amides is 1. The van der Waals surface area contributed by atoms with Gasteiger partial charge in [-0.1, -0.05) is 18.2 Å². The summed E-state index contributed by atoms with van der Waals surface area (Å²) in [7, 11) is 0. The van der Waals surface area contributed by atoms with Crippen LogP contribution < -0.4 is 5.32 Å². The number of benzene rings is 1. The van der Waals surface area contributed by atoms with Crippen LogP contribution in [0.1, 0.15) is 5.56 Å². The first-order chi connectivity index (χ1) is 12.7. The van der Waals surface area contributed by atoms with E-state index in [0.717, 1.165) is 12.4 Å². The van der Waals surface area contributed by atoms with Crippen LogP contribution in [0.4, 0.5) is 10.2 Å². The Bertz CT molecular complexity index is 771. The standard InChI is InChI=1S/C20H22FN3O2/c21-16-5-3-4-14(8-16)9-20(25)24-11-17-15(13-26-18(17)12-24)10-23-19-6-1-2-7-22-19/h1-8,15,17-18H,9-13H2,(H,22,23)/t15-,17-,18-/m1/s1. The Hall–Kier alpha value is -2.47. The predicted molar refractivity (Wildman–Crippen MR) is 96.1 cm³/mol. The fraction of sp³-hybridized carbons (Fsp3) is 0.400. The van der Waals surface area contributed by atoms with Crippen molar-refractivity contribution in [3.63, 3.8) is 0 Å². The van der Waals surface area contributed by atoms with Gasteiger partial charge in [0.15, 0.2) is 0 Å². The molecule has 136 valence electrons. The van der Waals surface area contributed by atoms with Crippen LogP contribution in [0.3, 0.4) is 0 Å². The Balaban J connectivity index is 1.33. The van der Waals surface area contributed by atoms with Gasteiger partial charge in [0.2, 0.25) is 5.91 Å². The number of nitrogens with zero attached hydrogens (tertiary/aromatic N) is 2. The van der Waals surface area contributed by atoms with Gasteiger partial charge >= 0.3 is 0 Å². The smallest absolute Gasteiger partial charge is 0.227 e. The van der Waals surface area contributed by atoms with Crippen LogP contribution in [-0.4, -0.2) is 48.1 Å². The van der Waals surface area contributed by atoms with E-state index >= 15 is 0 Å². The Labute approximate surface area is 152 Å². The van der Waals surface area contributed by atoms with Crippen molar-refractivity contribution in [3.8, 4) is 0 Å². The van der Waals surface area contributed by atoms with Gasteiger partial charge in [0.1, 0.15) is 11.6 Å². The molecule has 1 aromatic heterocycles. The van der Waals surface area contributed by atoms with Crippen molar-refractivity contribution >= 4 is 11.7 Å². The van der Waals surface area contributed by atoms with E-state index in [9.17, 15) is 9.18 Å². The van der Waals surface area contributed by atoms with Crippen molar-refractivity contribution in [1.29, 1.82) is 0 Å². The molecule has 0 aliphatic carbocycles. The quantitative estimate of drug-likeness (QED) is 0.895. The van der Waals surface area contributed by atoms with Crippen LogP contribution in [0.2, 0.25) is 0 Å². The minimum atomic E-state index is -0.308. The Kier molecular flexibility index (Phi) is 4.84. The van der Waals surface area contributed by atoms with E-state index in [4.69, 9.17) is 4.74 Å². The maximum atomic E-state index is 13.3. The van der Waals surface area contributed by atoms with Crippen molar-refractivity contribution in [2.75, 3.05) is 31.6 Å². The number of nitrogens with one attached hydrogen (secondary N) is 1. The fourth-order valence-electron chi connectivity index (χ4n) is 3.85. The van der Waals surface area contributed by atoms with E-state index < -0.39 is 0 Å². The number of halogens is 1. The lowest BCUT2D eigenvalue weighted by Crippen LogP contribution is -2.33. The van der Waals surface area contributed by atoms with Crippen molar-refractivity contribution in [3.05, 3.63) is 60.0 Å². The van der Waals surface area contributed by atoms with Crippen molar-refractivity contribution in [1.82, 2.24) is 9.88 Å². The average molecular weight is 355 g/mol. The molecule has 2 aromatic rings. The molecule has 6 heteroatoms. The number of carbonyl (C=O) groups excluding carboxylic acids is 1. The number of likely N-dealkylation sites (tertiary alicyclic amines) is 1. The molecule has 1 amide bonds. The molecule has 0 radical (unpaired) electrons. The first-order valence-electron chi connectivity index (χ1n) is 8.98. The highest BCUT2D eigenvalue weighted by atomic mass is 19.1. The SMILES string of the molecule is O=C(Cc1cccc(F)c1)N1C[C@@H]2[C@H](CNc3ccccn3)CO[C@@H]2C1. The lowest BCUT2D eigenvalue weighted by atomic mass is 9.93. The monoisotopic (exact) mass is 355 g/mol. The van der Waals surface area contributed by atoms with E-state index in [1.807, 2.05) is 23.1 Å². The molecule has 2 aliphatic heterocycles. The highest BCUT2D eigenvalue weighted by Gasteiger charge is 2.44. The third kappa shape index (κ3) is 3.70. The molecular weight excluding hydrogens is 333 g/mol. The highest BCUT2D eigenvalue weighted by Crippen LogP contribution is 2.34. The number of rotatable bonds is 5. The maximum absolute atomic E-state index is 13.3. The molecule has 1 N–H and O–H groups in total. The van der Waals surface area contributed by atoms with Crippen LogP contribution in [-0.2, 0) is 16.0 Å². The number of hydrogen-bond acceptors (Lipinski definition) is 4. The van der Waals surface area contributed by atoms with Gasteiger partial charge < -0.3 is 15.0 Å². The molecule has 3 atom stereocenters. The summed E-state index contributed by atoms with van der Waals surface area (Å²) in [5.41, 5.74) is 0.710. The second-order valence-corrected chi connectivity index (χ2v) is 7.00. The van der Waals surface area contributed by atoms with Gasteiger partial charge in [-0.15, -0.1) is 0 Å². The van der Waals surface area contributed by atoms with E-state index in [1.165, 1.54) is 12.1 Å². The van der Waals surface area contributed by atoms with Gasteiger partial charge in [0.25, 0.3) is 0 Å². The topological polar surface area (TPSA) is 54.5 Å². The van der Waals surface area contributed by atoms with Gasteiger partial charge in [0, 0.05) is 37.7 Å². The maximum Gasteiger partial charge on any atom is 0.227 e. The zero-order valence-corrected chi connectivity index (χ0v) is 14.5. The first kappa shape index (κ1) is 17.0. The first-order valence-corrected chi connectivity index (χ1v) is 8.98. The van der Waals surface area contributed by atoms with E-state index in [0.29, 0.717) is 37.1 Å². The molecule has 26 heavy (non-hydrogen) atoms. The van der Waals surface area contributed by atoms with E-state index in [2.05, 4.69) is 10.3 Å². The molecule has 4 rings (SSSR count). The molecule has 0 spiro atoms. The molecule has 2 aliphatic rings. The largest absolute Gasteiger partial charge is 0.376 e. The number of fused-ring (bicyclic) bond motifs is 1. The number of anilines is 1. The van der Waals surface area contributed by atoms with Crippen molar-refractivity contribution in [2.24, 2.45) is 11.8 Å². The number of aromatic nitrogens is 1. The summed E-state index contributed by atoms with van der Waals surface area (Å²) >= 11 is 0. The van der Waals surface area contributed by atoms with Crippen LogP contribution in [0.5, 0.6) is 0 Å². The van der Waals surface area contributed by atoms with E-state index in [-0.39, 0.29) is 24.2 Å². The highest BCUT2D eigenvalue weighted by molar-refractivity contribution is 5.79. The predicted octanol–water partition coefficient (Wildman–Crippen LogP) is 2.35. The zero-order chi connectivity index (χ0) is 17.9. The summed E-state index contributed by atoms with van der Waals surface area (Å²) in [6, 6.07) is 12.0. The Morgan fingerprint density at radius 1 is 1.27 bits per heavy atom. The van der Waals surface area contributed by atoms with Crippen LogP contribution in [0.15, 0.2) is 48.7 Å². The summed E-state index contributed by atoms with van der Waals surface area (Å²) in [6.07, 6.45) is 2.09. The molecule has 2 fully saturated rings. The molecule has 3 heterocycles. The zero-order valence-electron chi connectivity index (χ0n) is 14.5. The second-order valence-electron chi connectivity index (χ2n) is 7.00. The van der Waals surface area contributed by atoms with Gasteiger partial charge in [-0.25, -0.2) is 9.37 Å². The summed E-state index contributed by atoms with van der Waals surface area (Å²) in [5.74, 6) is 1.27. The average Bonchev–Trinajstić information content (AvgIpc) is 3.22. The molecule has 1 aromatic carbocycles. The van der Waals surface area contributed by atoms with E-state index in [1.54, 1.807) is 18.3 Å². The summed E-state index contributed by atoms with van der Waals surface area (Å²) in [6.45, 7) is 2.82. The van der Waals surface area contributed by atoms with Gasteiger partial charge in [-0.3, -0.25) is 4.79 Å². The fourth-order valence-corrected chi connectivity index (χ4v) is 3.85. The lowest BCUT2D eigenvalue weighted by molar-refractivity contribution is -0.130. The lowest BCUT2D eigenvalue weighted by Gasteiger charge is -2.20. The van der Waals surface area contributed by atoms with Crippen LogP contribution in [0.25, 0.3) is 0 Å². The summed E-state index contributed by atoms with van der Waals surface area (Å²) in [5, 5.41) is 3.35. The molecule has 5 nitrogen and oxygen atoms in total. The third-order valence-corrected chi connectivity index (χ3v) is 5.25. The molecular formula is C20H22FN3O2. The second kappa shape index (κ2) is 7.41. The minimum Gasteiger partial charge on any atom is -0.376 e. The van der Waals surface area contributed by atoms with Gasteiger partial charge in [-0.2, -0.15) is 0 Å². The Morgan fingerprint density at radius 3 is 3.00 bits per heavy atom. The Morgan fingerprint density at radius 2 is 2.19 bits per heavy atom. The van der Waals surface area contributed by atoms with Crippen molar-refractivity contribution < 1.29 is 13.9 Å². The molecule has 0 saturated carbocycles. The summed E-state index contributed by atoms with van der Waals surface area (Å²) < 4.78 is 19.2. The van der Waals surface area contributed by atoms with Gasteiger partial charge in [-0.05, 0) is 29.8 Å².